The number of rotatable bonds is 5. The summed E-state index contributed by atoms with van der Waals surface area (Å²) in [6.07, 6.45) is 2.28. The van der Waals surface area contributed by atoms with E-state index in [4.69, 9.17) is 16.3 Å². The lowest BCUT2D eigenvalue weighted by atomic mass is 10.1. The van der Waals surface area contributed by atoms with Gasteiger partial charge in [0.15, 0.2) is 5.65 Å². The van der Waals surface area contributed by atoms with E-state index < -0.39 is 0 Å². The van der Waals surface area contributed by atoms with Gasteiger partial charge in [0.2, 0.25) is 0 Å². The number of fused-ring (bicyclic) bond motifs is 1. The standard InChI is InChI=1S/C14H21ClN4O/c1-3-19-14-13(10(2)17-19)16-12(8-15)18(14)6-4-11-5-7-20-9-11/h11H,3-9H2,1-2H3. The molecule has 1 saturated heterocycles. The lowest BCUT2D eigenvalue weighted by Gasteiger charge is -2.12. The molecule has 6 heteroatoms. The summed E-state index contributed by atoms with van der Waals surface area (Å²) in [5, 5.41) is 4.55. The van der Waals surface area contributed by atoms with E-state index in [2.05, 4.69) is 21.6 Å². The zero-order chi connectivity index (χ0) is 14.1. The van der Waals surface area contributed by atoms with Gasteiger partial charge in [0.05, 0.1) is 11.6 Å². The molecule has 20 heavy (non-hydrogen) atoms. The minimum atomic E-state index is 0.443. The second kappa shape index (κ2) is 5.74. The second-order valence-corrected chi connectivity index (χ2v) is 5.67. The monoisotopic (exact) mass is 296 g/mol. The minimum absolute atomic E-state index is 0.443. The summed E-state index contributed by atoms with van der Waals surface area (Å²) in [6, 6.07) is 0. The van der Waals surface area contributed by atoms with Crippen molar-refractivity contribution in [3.63, 3.8) is 0 Å². The van der Waals surface area contributed by atoms with Crippen LogP contribution in [0, 0.1) is 12.8 Å². The van der Waals surface area contributed by atoms with E-state index in [9.17, 15) is 0 Å². The Morgan fingerprint density at radius 2 is 2.30 bits per heavy atom. The summed E-state index contributed by atoms with van der Waals surface area (Å²) in [7, 11) is 0. The van der Waals surface area contributed by atoms with E-state index in [0.717, 1.165) is 55.4 Å². The molecule has 0 saturated carbocycles. The van der Waals surface area contributed by atoms with Gasteiger partial charge in [-0.3, -0.25) is 0 Å². The molecular formula is C14H21ClN4O. The van der Waals surface area contributed by atoms with Gasteiger partial charge >= 0.3 is 0 Å². The van der Waals surface area contributed by atoms with Crippen molar-refractivity contribution in [1.29, 1.82) is 0 Å². The van der Waals surface area contributed by atoms with E-state index in [-0.39, 0.29) is 0 Å². The normalized spacial score (nSPS) is 19.2. The topological polar surface area (TPSA) is 44.9 Å². The number of aromatic nitrogens is 4. The van der Waals surface area contributed by atoms with E-state index in [1.165, 1.54) is 6.42 Å². The lowest BCUT2D eigenvalue weighted by molar-refractivity contribution is 0.183. The molecule has 1 unspecified atom stereocenters. The molecule has 3 rings (SSSR count). The number of aryl methyl sites for hydroxylation is 3. The van der Waals surface area contributed by atoms with Crippen LogP contribution in [-0.2, 0) is 23.7 Å². The summed E-state index contributed by atoms with van der Waals surface area (Å²) in [5.74, 6) is 2.05. The van der Waals surface area contributed by atoms with Crippen molar-refractivity contribution in [2.45, 2.75) is 45.7 Å². The number of halogens is 1. The van der Waals surface area contributed by atoms with Gasteiger partial charge in [0.1, 0.15) is 11.3 Å². The van der Waals surface area contributed by atoms with Crippen molar-refractivity contribution < 1.29 is 4.74 Å². The van der Waals surface area contributed by atoms with Crippen LogP contribution in [-0.4, -0.2) is 32.5 Å². The van der Waals surface area contributed by atoms with E-state index in [0.29, 0.717) is 11.8 Å². The third-order valence-electron chi connectivity index (χ3n) is 4.08. The number of alkyl halides is 1. The predicted molar refractivity (Wildman–Crippen MR) is 79.0 cm³/mol. The van der Waals surface area contributed by atoms with Crippen LogP contribution in [0.5, 0.6) is 0 Å². The smallest absolute Gasteiger partial charge is 0.158 e. The molecule has 2 aromatic heterocycles. The van der Waals surface area contributed by atoms with Crippen LogP contribution >= 0.6 is 11.6 Å². The van der Waals surface area contributed by atoms with E-state index in [1.807, 2.05) is 11.6 Å². The highest BCUT2D eigenvalue weighted by Gasteiger charge is 2.20. The zero-order valence-corrected chi connectivity index (χ0v) is 12.9. The fraction of sp³-hybridized carbons (Fsp3) is 0.714. The van der Waals surface area contributed by atoms with Crippen molar-refractivity contribution in [2.75, 3.05) is 13.2 Å². The van der Waals surface area contributed by atoms with Crippen LogP contribution in [0.15, 0.2) is 0 Å². The molecule has 2 aromatic rings. The van der Waals surface area contributed by atoms with Gasteiger partial charge in [-0.2, -0.15) is 5.10 Å². The molecule has 0 aromatic carbocycles. The quantitative estimate of drug-likeness (QED) is 0.797. The Kier molecular flexibility index (Phi) is 3.98. The first kappa shape index (κ1) is 13.9. The Morgan fingerprint density at radius 1 is 1.45 bits per heavy atom. The second-order valence-electron chi connectivity index (χ2n) is 5.40. The molecule has 0 N–H and O–H groups in total. The Bertz CT molecular complexity index is 598. The maximum atomic E-state index is 6.07. The molecule has 0 bridgehead atoms. The first-order chi connectivity index (χ1) is 9.74. The molecule has 3 heterocycles. The van der Waals surface area contributed by atoms with E-state index in [1.54, 1.807) is 0 Å². The number of nitrogens with zero attached hydrogens (tertiary/aromatic N) is 4. The minimum Gasteiger partial charge on any atom is -0.381 e. The van der Waals surface area contributed by atoms with Crippen molar-refractivity contribution in [3.05, 3.63) is 11.5 Å². The summed E-state index contributed by atoms with van der Waals surface area (Å²) in [4.78, 5) is 4.66. The summed E-state index contributed by atoms with van der Waals surface area (Å²) in [6.45, 7) is 7.70. The van der Waals surface area contributed by atoms with Crippen LogP contribution in [0.3, 0.4) is 0 Å². The first-order valence-electron chi connectivity index (χ1n) is 7.30. The van der Waals surface area contributed by atoms with Crippen molar-refractivity contribution >= 4 is 22.8 Å². The average molecular weight is 297 g/mol. The van der Waals surface area contributed by atoms with Gasteiger partial charge in [0.25, 0.3) is 0 Å². The maximum absolute atomic E-state index is 6.07. The van der Waals surface area contributed by atoms with Crippen molar-refractivity contribution in [3.8, 4) is 0 Å². The van der Waals surface area contributed by atoms with Crippen molar-refractivity contribution in [2.24, 2.45) is 5.92 Å². The molecule has 1 fully saturated rings. The predicted octanol–water partition coefficient (Wildman–Crippen LogP) is 2.73. The van der Waals surface area contributed by atoms with Crippen LogP contribution in [0.2, 0.25) is 0 Å². The van der Waals surface area contributed by atoms with Crippen LogP contribution < -0.4 is 0 Å². The van der Waals surface area contributed by atoms with Gasteiger partial charge < -0.3 is 9.30 Å². The summed E-state index contributed by atoms with van der Waals surface area (Å²) >= 11 is 6.07. The SMILES string of the molecule is CCn1nc(C)c2nc(CCl)n(CCC3CCOC3)c21. The average Bonchev–Trinajstić information content (AvgIpc) is 3.14. The molecule has 0 radical (unpaired) electrons. The van der Waals surface area contributed by atoms with Gasteiger partial charge in [-0.15, -0.1) is 11.6 Å². The molecule has 110 valence electrons. The highest BCUT2D eigenvalue weighted by Crippen LogP contribution is 2.24. The van der Waals surface area contributed by atoms with Gasteiger partial charge in [-0.25, -0.2) is 9.67 Å². The van der Waals surface area contributed by atoms with Gasteiger partial charge in [0, 0.05) is 26.3 Å². The lowest BCUT2D eigenvalue weighted by Crippen LogP contribution is -2.11. The fourth-order valence-electron chi connectivity index (χ4n) is 2.95. The Labute approximate surface area is 123 Å². The molecule has 0 spiro atoms. The molecule has 1 aliphatic heterocycles. The number of hydrogen-bond acceptors (Lipinski definition) is 3. The van der Waals surface area contributed by atoms with Crippen LogP contribution in [0.1, 0.15) is 31.3 Å². The summed E-state index contributed by atoms with van der Waals surface area (Å²) < 4.78 is 9.72. The molecule has 5 nitrogen and oxygen atoms in total. The third kappa shape index (κ3) is 2.33. The zero-order valence-electron chi connectivity index (χ0n) is 12.1. The number of hydrogen-bond donors (Lipinski definition) is 0. The Balaban J connectivity index is 1.93. The van der Waals surface area contributed by atoms with Gasteiger partial charge in [-0.1, -0.05) is 0 Å². The van der Waals surface area contributed by atoms with Crippen LogP contribution in [0.4, 0.5) is 0 Å². The van der Waals surface area contributed by atoms with Crippen LogP contribution in [0.25, 0.3) is 11.2 Å². The number of ether oxygens (including phenoxy) is 1. The molecule has 1 aliphatic rings. The molecular weight excluding hydrogens is 276 g/mol. The maximum Gasteiger partial charge on any atom is 0.158 e. The van der Waals surface area contributed by atoms with Crippen molar-refractivity contribution in [1.82, 2.24) is 19.3 Å². The fourth-order valence-corrected chi connectivity index (χ4v) is 3.15. The Hall–Kier alpha value is -1.07. The third-order valence-corrected chi connectivity index (χ3v) is 4.32. The highest BCUT2D eigenvalue weighted by atomic mass is 35.5. The summed E-state index contributed by atoms with van der Waals surface area (Å²) in [5.41, 5.74) is 3.08. The molecule has 1 atom stereocenters. The highest BCUT2D eigenvalue weighted by molar-refractivity contribution is 6.16. The largest absolute Gasteiger partial charge is 0.381 e. The van der Waals surface area contributed by atoms with Gasteiger partial charge in [-0.05, 0) is 32.6 Å². The molecule has 0 aliphatic carbocycles. The Morgan fingerprint density at radius 3 is 2.95 bits per heavy atom. The first-order valence-corrected chi connectivity index (χ1v) is 7.84. The number of imidazole rings is 1. The molecule has 0 amide bonds. The van der Waals surface area contributed by atoms with E-state index >= 15 is 0 Å².